The Balaban J connectivity index is 1.79. The highest BCUT2D eigenvalue weighted by Crippen LogP contribution is 2.29. The second-order valence-corrected chi connectivity index (χ2v) is 7.66. The number of benzene rings is 2. The number of fused-ring (bicyclic) bond motifs is 1. The molecule has 0 saturated heterocycles. The van der Waals surface area contributed by atoms with Crippen molar-refractivity contribution in [1.82, 2.24) is 4.98 Å². The van der Waals surface area contributed by atoms with Crippen LogP contribution in [-0.2, 0) is 5.41 Å². The minimum absolute atomic E-state index is 0.0705. The van der Waals surface area contributed by atoms with Crippen molar-refractivity contribution in [1.29, 1.82) is 0 Å². The Labute approximate surface area is 145 Å². The molecule has 0 saturated carbocycles. The molecule has 4 nitrogen and oxygen atoms in total. The van der Waals surface area contributed by atoms with E-state index < -0.39 is 0 Å². The van der Waals surface area contributed by atoms with Crippen molar-refractivity contribution in [3.8, 4) is 5.75 Å². The lowest BCUT2D eigenvalue weighted by Crippen LogP contribution is -2.14. The first kappa shape index (κ1) is 16.5. The van der Waals surface area contributed by atoms with Crippen molar-refractivity contribution >= 4 is 32.6 Å². The van der Waals surface area contributed by atoms with Gasteiger partial charge in [-0.25, -0.2) is 4.98 Å². The van der Waals surface area contributed by atoms with Crippen molar-refractivity contribution in [2.45, 2.75) is 26.2 Å². The van der Waals surface area contributed by atoms with Gasteiger partial charge in [-0.15, -0.1) is 0 Å². The normalized spacial score (nSPS) is 11.5. The van der Waals surface area contributed by atoms with Gasteiger partial charge in [0.05, 0.1) is 17.3 Å². The van der Waals surface area contributed by atoms with E-state index in [1.807, 2.05) is 42.5 Å². The van der Waals surface area contributed by atoms with E-state index in [4.69, 9.17) is 4.74 Å². The molecule has 0 radical (unpaired) electrons. The summed E-state index contributed by atoms with van der Waals surface area (Å²) in [4.78, 5) is 16.8. The number of rotatable bonds is 3. The van der Waals surface area contributed by atoms with Crippen LogP contribution >= 0.6 is 11.3 Å². The van der Waals surface area contributed by atoms with Crippen LogP contribution in [0.3, 0.4) is 0 Å². The molecule has 5 heteroatoms. The van der Waals surface area contributed by atoms with Crippen molar-refractivity contribution in [3.63, 3.8) is 0 Å². The number of nitrogens with one attached hydrogen (secondary N) is 1. The molecule has 0 aliphatic carbocycles. The summed E-state index contributed by atoms with van der Waals surface area (Å²) in [7, 11) is 1.63. The minimum atomic E-state index is -0.151. The summed E-state index contributed by atoms with van der Waals surface area (Å²) in [6, 6.07) is 13.4. The van der Waals surface area contributed by atoms with Gasteiger partial charge in [-0.3, -0.25) is 10.1 Å². The Kier molecular flexibility index (Phi) is 4.28. The molecule has 3 aromatic rings. The number of amides is 1. The van der Waals surface area contributed by atoms with Gasteiger partial charge in [-0.1, -0.05) is 44.2 Å². The van der Waals surface area contributed by atoms with Crippen LogP contribution in [0.25, 0.3) is 10.2 Å². The fraction of sp³-hybridized carbons (Fsp3) is 0.263. The lowest BCUT2D eigenvalue weighted by molar-refractivity contribution is 0.102. The third-order valence-electron chi connectivity index (χ3n) is 3.83. The van der Waals surface area contributed by atoms with Gasteiger partial charge in [0.25, 0.3) is 5.91 Å². The molecule has 1 amide bonds. The highest BCUT2D eigenvalue weighted by atomic mass is 32.1. The Morgan fingerprint density at radius 2 is 1.83 bits per heavy atom. The van der Waals surface area contributed by atoms with Gasteiger partial charge >= 0.3 is 0 Å². The predicted octanol–water partition coefficient (Wildman–Crippen LogP) is 4.85. The van der Waals surface area contributed by atoms with Gasteiger partial charge in [0.2, 0.25) is 0 Å². The van der Waals surface area contributed by atoms with E-state index in [2.05, 4.69) is 31.1 Å². The van der Waals surface area contributed by atoms with E-state index in [0.29, 0.717) is 10.7 Å². The number of anilines is 1. The number of hydrogen-bond donors (Lipinski definition) is 1. The number of thiazole rings is 1. The van der Waals surface area contributed by atoms with Crippen LogP contribution < -0.4 is 10.1 Å². The molecule has 1 heterocycles. The van der Waals surface area contributed by atoms with Crippen molar-refractivity contribution < 1.29 is 9.53 Å². The number of hydrogen-bond acceptors (Lipinski definition) is 4. The third-order valence-corrected chi connectivity index (χ3v) is 4.76. The molecule has 0 unspecified atom stereocenters. The number of nitrogens with zero attached hydrogens (tertiary/aromatic N) is 1. The molecule has 124 valence electrons. The van der Waals surface area contributed by atoms with Crippen LogP contribution in [-0.4, -0.2) is 18.0 Å². The second kappa shape index (κ2) is 6.24. The summed E-state index contributed by atoms with van der Waals surface area (Å²) in [6.07, 6.45) is 0. The van der Waals surface area contributed by atoms with Crippen molar-refractivity contribution in [2.24, 2.45) is 0 Å². The average Bonchev–Trinajstić information content (AvgIpc) is 2.95. The van der Waals surface area contributed by atoms with E-state index in [1.165, 1.54) is 16.9 Å². The van der Waals surface area contributed by atoms with E-state index in [0.717, 1.165) is 16.0 Å². The average molecular weight is 340 g/mol. The first-order chi connectivity index (χ1) is 11.4. The van der Waals surface area contributed by atoms with Crippen LogP contribution in [0.1, 0.15) is 36.7 Å². The molecule has 0 atom stereocenters. The summed E-state index contributed by atoms with van der Waals surface area (Å²) in [5.41, 5.74) is 2.74. The fourth-order valence-electron chi connectivity index (χ4n) is 2.38. The molecule has 0 fully saturated rings. The van der Waals surface area contributed by atoms with E-state index in [9.17, 15) is 4.79 Å². The predicted molar refractivity (Wildman–Crippen MR) is 99.3 cm³/mol. The second-order valence-electron chi connectivity index (χ2n) is 6.63. The molecule has 0 aliphatic heterocycles. The van der Waals surface area contributed by atoms with E-state index in [1.54, 1.807) is 7.11 Å². The summed E-state index contributed by atoms with van der Waals surface area (Å²) >= 11 is 1.43. The standard InChI is InChI=1S/C19H20N2O2S/c1-19(2,3)13-7-5-12(6-8-13)17(22)21-18-20-15-10-9-14(23-4)11-16(15)24-18/h5-11H,1-4H3,(H,20,21,22). The molecule has 2 aromatic carbocycles. The van der Waals surface area contributed by atoms with Crippen LogP contribution in [0, 0.1) is 0 Å². The summed E-state index contributed by atoms with van der Waals surface area (Å²) in [5.74, 6) is 0.628. The molecule has 0 spiro atoms. The molecular weight excluding hydrogens is 320 g/mol. The van der Waals surface area contributed by atoms with Crippen LogP contribution in [0.5, 0.6) is 5.75 Å². The summed E-state index contributed by atoms with van der Waals surface area (Å²) < 4.78 is 6.19. The number of carbonyl (C=O) groups excluding carboxylic acids is 1. The molecular formula is C19H20N2O2S. The first-order valence-corrected chi connectivity index (χ1v) is 8.55. The largest absolute Gasteiger partial charge is 0.497 e. The highest BCUT2D eigenvalue weighted by molar-refractivity contribution is 7.22. The number of aromatic nitrogens is 1. The van der Waals surface area contributed by atoms with Gasteiger partial charge in [0.15, 0.2) is 5.13 Å². The van der Waals surface area contributed by atoms with Crippen molar-refractivity contribution in [2.75, 3.05) is 12.4 Å². The van der Waals surface area contributed by atoms with Gasteiger partial charge < -0.3 is 4.74 Å². The van der Waals surface area contributed by atoms with Crippen LogP contribution in [0.15, 0.2) is 42.5 Å². The zero-order chi connectivity index (χ0) is 17.3. The minimum Gasteiger partial charge on any atom is -0.497 e. The molecule has 24 heavy (non-hydrogen) atoms. The van der Waals surface area contributed by atoms with Gasteiger partial charge in [0.1, 0.15) is 5.75 Å². The molecule has 1 aromatic heterocycles. The zero-order valence-electron chi connectivity index (χ0n) is 14.2. The number of methoxy groups -OCH3 is 1. The molecule has 0 aliphatic rings. The van der Waals surface area contributed by atoms with Gasteiger partial charge in [-0.2, -0.15) is 0 Å². The molecule has 1 N–H and O–H groups in total. The Hall–Kier alpha value is -2.40. The topological polar surface area (TPSA) is 51.2 Å². The lowest BCUT2D eigenvalue weighted by Gasteiger charge is -2.18. The monoisotopic (exact) mass is 340 g/mol. The van der Waals surface area contributed by atoms with E-state index in [-0.39, 0.29) is 11.3 Å². The zero-order valence-corrected chi connectivity index (χ0v) is 15.0. The Morgan fingerprint density at radius 1 is 1.12 bits per heavy atom. The van der Waals surface area contributed by atoms with Gasteiger partial charge in [-0.05, 0) is 41.3 Å². The maximum absolute atomic E-state index is 12.4. The molecule has 0 bridgehead atoms. The van der Waals surface area contributed by atoms with Gasteiger partial charge in [0, 0.05) is 5.56 Å². The quantitative estimate of drug-likeness (QED) is 0.741. The number of carbonyl (C=O) groups is 1. The molecule has 3 rings (SSSR count). The highest BCUT2D eigenvalue weighted by Gasteiger charge is 2.15. The summed E-state index contributed by atoms with van der Waals surface area (Å²) in [6.45, 7) is 6.45. The number of ether oxygens (including phenoxy) is 1. The maximum Gasteiger partial charge on any atom is 0.257 e. The van der Waals surface area contributed by atoms with Crippen LogP contribution in [0.4, 0.5) is 5.13 Å². The van der Waals surface area contributed by atoms with E-state index >= 15 is 0 Å². The van der Waals surface area contributed by atoms with Crippen LogP contribution in [0.2, 0.25) is 0 Å². The fourth-order valence-corrected chi connectivity index (χ4v) is 3.27. The Bertz CT molecular complexity index is 877. The maximum atomic E-state index is 12.4. The van der Waals surface area contributed by atoms with Crippen molar-refractivity contribution in [3.05, 3.63) is 53.6 Å². The first-order valence-electron chi connectivity index (χ1n) is 7.73. The Morgan fingerprint density at radius 3 is 2.46 bits per heavy atom. The SMILES string of the molecule is COc1ccc2nc(NC(=O)c3ccc(C(C)(C)C)cc3)sc2c1. The third kappa shape index (κ3) is 3.41. The summed E-state index contributed by atoms with van der Waals surface area (Å²) in [5, 5.41) is 3.46. The lowest BCUT2D eigenvalue weighted by atomic mass is 9.87. The smallest absolute Gasteiger partial charge is 0.257 e.